The molecular formula is C12H10O4. The molecule has 0 heterocycles. The van der Waals surface area contributed by atoms with Gasteiger partial charge in [-0.05, 0) is 12.1 Å². The molecule has 1 N–H and O–H groups in total. The number of ether oxygens (including phenoxy) is 2. The van der Waals surface area contributed by atoms with Crippen molar-refractivity contribution < 1.29 is 19.4 Å². The number of carboxylic acid groups (broad SMARTS) is 1. The average Bonchev–Trinajstić information content (AvgIpc) is 2.29. The lowest BCUT2D eigenvalue weighted by atomic mass is 10.1. The molecule has 0 atom stereocenters. The van der Waals surface area contributed by atoms with E-state index >= 15 is 0 Å². The van der Waals surface area contributed by atoms with Crippen LogP contribution in [0.15, 0.2) is 36.4 Å². The second-order valence-electron chi connectivity index (χ2n) is 3.18. The van der Waals surface area contributed by atoms with E-state index in [4.69, 9.17) is 9.84 Å². The van der Waals surface area contributed by atoms with Gasteiger partial charge < -0.3 is 14.6 Å². The smallest absolute Gasteiger partial charge is 0.496 e. The van der Waals surface area contributed by atoms with Gasteiger partial charge in [0.25, 0.3) is 0 Å². The Hall–Kier alpha value is -2.23. The summed E-state index contributed by atoms with van der Waals surface area (Å²) in [4.78, 5) is 10.5. The third-order valence-corrected chi connectivity index (χ3v) is 2.26. The molecule has 0 fully saturated rings. The molecule has 0 amide bonds. The monoisotopic (exact) mass is 218 g/mol. The maximum Gasteiger partial charge on any atom is 0.511 e. The Labute approximate surface area is 92.0 Å². The summed E-state index contributed by atoms with van der Waals surface area (Å²) in [6, 6.07) is 10.6. The Morgan fingerprint density at radius 1 is 1.06 bits per heavy atom. The van der Waals surface area contributed by atoms with Gasteiger partial charge in [0.15, 0.2) is 0 Å². The minimum absolute atomic E-state index is 0.309. The van der Waals surface area contributed by atoms with E-state index in [1.807, 2.05) is 18.2 Å². The van der Waals surface area contributed by atoms with Gasteiger partial charge in [-0.15, -0.1) is 0 Å². The van der Waals surface area contributed by atoms with Crippen molar-refractivity contribution in [2.24, 2.45) is 0 Å². The molecule has 4 nitrogen and oxygen atoms in total. The van der Waals surface area contributed by atoms with E-state index in [0.29, 0.717) is 16.9 Å². The third kappa shape index (κ3) is 1.77. The van der Waals surface area contributed by atoms with Crippen molar-refractivity contribution in [3.05, 3.63) is 36.4 Å². The second-order valence-corrected chi connectivity index (χ2v) is 3.18. The molecule has 16 heavy (non-hydrogen) atoms. The summed E-state index contributed by atoms with van der Waals surface area (Å²) in [6.07, 6.45) is -1.32. The van der Waals surface area contributed by atoms with Crippen molar-refractivity contribution in [2.75, 3.05) is 7.11 Å². The molecule has 82 valence electrons. The van der Waals surface area contributed by atoms with E-state index in [1.54, 1.807) is 25.3 Å². The molecule has 0 aliphatic heterocycles. The number of rotatable bonds is 2. The number of benzene rings is 2. The lowest BCUT2D eigenvalue weighted by Gasteiger charge is -2.08. The highest BCUT2D eigenvalue weighted by Gasteiger charge is 2.09. The zero-order valence-electron chi connectivity index (χ0n) is 8.64. The summed E-state index contributed by atoms with van der Waals surface area (Å²) in [7, 11) is 1.57. The first kappa shape index (κ1) is 10.3. The third-order valence-electron chi connectivity index (χ3n) is 2.26. The number of hydrogen-bond donors (Lipinski definition) is 1. The molecule has 0 radical (unpaired) electrons. The van der Waals surface area contributed by atoms with Crippen molar-refractivity contribution in [1.29, 1.82) is 0 Å². The highest BCUT2D eigenvalue weighted by Crippen LogP contribution is 2.32. The molecule has 0 bridgehead atoms. The van der Waals surface area contributed by atoms with Crippen molar-refractivity contribution in [3.8, 4) is 11.5 Å². The van der Waals surface area contributed by atoms with Crippen molar-refractivity contribution >= 4 is 16.9 Å². The van der Waals surface area contributed by atoms with Crippen LogP contribution in [0.25, 0.3) is 10.8 Å². The van der Waals surface area contributed by atoms with E-state index in [2.05, 4.69) is 4.74 Å². The summed E-state index contributed by atoms with van der Waals surface area (Å²) < 4.78 is 9.87. The summed E-state index contributed by atoms with van der Waals surface area (Å²) in [5.41, 5.74) is 0. The van der Waals surface area contributed by atoms with Gasteiger partial charge in [-0.25, -0.2) is 4.79 Å². The Morgan fingerprint density at radius 3 is 2.19 bits per heavy atom. The highest BCUT2D eigenvalue weighted by atomic mass is 16.7. The van der Waals surface area contributed by atoms with E-state index in [1.165, 1.54) is 0 Å². The van der Waals surface area contributed by atoms with Crippen LogP contribution in [0.5, 0.6) is 11.5 Å². The topological polar surface area (TPSA) is 55.8 Å². The van der Waals surface area contributed by atoms with Crippen LogP contribution in [0, 0.1) is 0 Å². The van der Waals surface area contributed by atoms with Gasteiger partial charge in [0, 0.05) is 10.8 Å². The van der Waals surface area contributed by atoms with E-state index in [-0.39, 0.29) is 0 Å². The van der Waals surface area contributed by atoms with Gasteiger partial charge in [0.05, 0.1) is 7.11 Å². The first-order valence-corrected chi connectivity index (χ1v) is 4.69. The molecule has 0 unspecified atom stereocenters. The van der Waals surface area contributed by atoms with Gasteiger partial charge in [-0.1, -0.05) is 24.3 Å². The first-order valence-electron chi connectivity index (χ1n) is 4.69. The quantitative estimate of drug-likeness (QED) is 0.622. The molecule has 2 aromatic carbocycles. The summed E-state index contributed by atoms with van der Waals surface area (Å²) in [5, 5.41) is 10.1. The van der Waals surface area contributed by atoms with Crippen LogP contribution in [0.1, 0.15) is 0 Å². The van der Waals surface area contributed by atoms with Gasteiger partial charge >= 0.3 is 6.16 Å². The molecule has 0 aromatic heterocycles. The van der Waals surface area contributed by atoms with Gasteiger partial charge in [-0.2, -0.15) is 0 Å². The Bertz CT molecular complexity index is 534. The standard InChI is InChI=1S/C12H10O4/c1-15-10-6-7-11(16-12(13)14)9-5-3-2-4-8(9)10/h2-7H,1H3,(H,13,14). The maximum absolute atomic E-state index is 10.5. The number of methoxy groups -OCH3 is 1. The Balaban J connectivity index is 2.64. The molecule has 2 rings (SSSR count). The number of fused-ring (bicyclic) bond motifs is 1. The van der Waals surface area contributed by atoms with E-state index in [9.17, 15) is 4.79 Å². The molecule has 0 saturated carbocycles. The predicted octanol–water partition coefficient (Wildman–Crippen LogP) is 2.91. The minimum atomic E-state index is -1.32. The fourth-order valence-corrected chi connectivity index (χ4v) is 1.60. The summed E-state index contributed by atoms with van der Waals surface area (Å²) >= 11 is 0. The van der Waals surface area contributed by atoms with Gasteiger partial charge in [-0.3, -0.25) is 0 Å². The molecule has 2 aromatic rings. The predicted molar refractivity (Wildman–Crippen MR) is 59.2 cm³/mol. The molecule has 0 aliphatic rings. The lowest BCUT2D eigenvalue weighted by Crippen LogP contribution is -2.03. The molecule has 0 spiro atoms. The molecule has 4 heteroatoms. The Kier molecular flexibility index (Phi) is 2.64. The Morgan fingerprint density at radius 2 is 1.62 bits per heavy atom. The van der Waals surface area contributed by atoms with Crippen molar-refractivity contribution in [1.82, 2.24) is 0 Å². The zero-order chi connectivity index (χ0) is 11.5. The summed E-state index contributed by atoms with van der Waals surface area (Å²) in [5.74, 6) is 0.997. The van der Waals surface area contributed by atoms with Crippen LogP contribution in [0.4, 0.5) is 4.79 Å². The van der Waals surface area contributed by atoms with Crippen LogP contribution in [0.3, 0.4) is 0 Å². The van der Waals surface area contributed by atoms with Crippen LogP contribution in [-0.2, 0) is 0 Å². The normalized spacial score (nSPS) is 10.1. The second kappa shape index (κ2) is 4.10. The van der Waals surface area contributed by atoms with Crippen molar-refractivity contribution in [3.63, 3.8) is 0 Å². The lowest BCUT2D eigenvalue weighted by molar-refractivity contribution is 0.145. The number of carbonyl (C=O) groups is 1. The number of hydrogen-bond acceptors (Lipinski definition) is 3. The van der Waals surface area contributed by atoms with Crippen molar-refractivity contribution in [2.45, 2.75) is 0 Å². The SMILES string of the molecule is COc1ccc(OC(=O)O)c2ccccc12. The molecular weight excluding hydrogens is 208 g/mol. The fourth-order valence-electron chi connectivity index (χ4n) is 1.60. The fraction of sp³-hybridized carbons (Fsp3) is 0.0833. The van der Waals surface area contributed by atoms with Gasteiger partial charge in [0.1, 0.15) is 11.5 Å². The summed E-state index contributed by atoms with van der Waals surface area (Å²) in [6.45, 7) is 0. The van der Waals surface area contributed by atoms with E-state index in [0.717, 1.165) is 5.39 Å². The van der Waals surface area contributed by atoms with Crippen LogP contribution >= 0.6 is 0 Å². The zero-order valence-corrected chi connectivity index (χ0v) is 8.64. The average molecular weight is 218 g/mol. The van der Waals surface area contributed by atoms with Crippen LogP contribution in [0.2, 0.25) is 0 Å². The largest absolute Gasteiger partial charge is 0.511 e. The highest BCUT2D eigenvalue weighted by molar-refractivity contribution is 5.94. The maximum atomic E-state index is 10.5. The van der Waals surface area contributed by atoms with E-state index < -0.39 is 6.16 Å². The molecule has 0 aliphatic carbocycles. The minimum Gasteiger partial charge on any atom is -0.496 e. The molecule has 0 saturated heterocycles. The van der Waals surface area contributed by atoms with Gasteiger partial charge in [0.2, 0.25) is 0 Å². The first-order chi connectivity index (χ1) is 7.72. The van der Waals surface area contributed by atoms with Crippen LogP contribution in [-0.4, -0.2) is 18.4 Å². The van der Waals surface area contributed by atoms with Crippen LogP contribution < -0.4 is 9.47 Å².